The van der Waals surface area contributed by atoms with Gasteiger partial charge in [-0.3, -0.25) is 9.78 Å². The SMILES string of the molecule is CCc1ccc2c(Oc3cccc(C(=O)NCc4cc(F)ncc4F)c3C)ccnc2c1. The second-order valence-corrected chi connectivity index (χ2v) is 7.33. The fourth-order valence-corrected chi connectivity index (χ4v) is 3.42. The lowest BCUT2D eigenvalue weighted by atomic mass is 10.1. The quantitative estimate of drug-likeness (QED) is 0.408. The average molecular weight is 433 g/mol. The number of nitrogens with one attached hydrogen (secondary N) is 1. The molecule has 0 fully saturated rings. The van der Waals surface area contributed by atoms with Crippen LogP contribution in [0.4, 0.5) is 8.78 Å². The summed E-state index contributed by atoms with van der Waals surface area (Å²) in [5, 5.41) is 3.49. The number of carbonyl (C=O) groups is 1. The number of amides is 1. The lowest BCUT2D eigenvalue weighted by molar-refractivity contribution is 0.0949. The van der Waals surface area contributed by atoms with E-state index in [2.05, 4.69) is 22.2 Å². The summed E-state index contributed by atoms with van der Waals surface area (Å²) in [7, 11) is 0. The molecule has 0 aliphatic heterocycles. The van der Waals surface area contributed by atoms with E-state index in [1.807, 2.05) is 18.2 Å². The van der Waals surface area contributed by atoms with Crippen LogP contribution in [0, 0.1) is 18.7 Å². The molecule has 0 bridgehead atoms. The van der Waals surface area contributed by atoms with Crippen molar-refractivity contribution in [2.45, 2.75) is 26.8 Å². The number of halogens is 2. The minimum absolute atomic E-state index is 0.0191. The van der Waals surface area contributed by atoms with E-state index in [1.165, 1.54) is 5.56 Å². The van der Waals surface area contributed by atoms with Crippen LogP contribution in [0.3, 0.4) is 0 Å². The van der Waals surface area contributed by atoms with E-state index in [-0.39, 0.29) is 12.1 Å². The summed E-state index contributed by atoms with van der Waals surface area (Å²) in [5.41, 5.74) is 3.04. The first-order valence-electron chi connectivity index (χ1n) is 10.2. The van der Waals surface area contributed by atoms with Crippen molar-refractivity contribution in [1.29, 1.82) is 0 Å². The number of aromatic nitrogens is 2. The molecule has 4 aromatic rings. The van der Waals surface area contributed by atoms with Gasteiger partial charge < -0.3 is 10.1 Å². The first kappa shape index (κ1) is 21.4. The number of pyridine rings is 2. The van der Waals surface area contributed by atoms with Gasteiger partial charge >= 0.3 is 0 Å². The van der Waals surface area contributed by atoms with E-state index in [0.717, 1.165) is 29.6 Å². The highest BCUT2D eigenvalue weighted by atomic mass is 19.1. The van der Waals surface area contributed by atoms with Crippen molar-refractivity contribution in [3.05, 3.63) is 94.9 Å². The Morgan fingerprint density at radius 2 is 1.91 bits per heavy atom. The maximum absolute atomic E-state index is 13.8. The molecule has 32 heavy (non-hydrogen) atoms. The van der Waals surface area contributed by atoms with Gasteiger partial charge in [-0.05, 0) is 49.2 Å². The summed E-state index contributed by atoms with van der Waals surface area (Å²) < 4.78 is 33.2. The first-order valence-corrected chi connectivity index (χ1v) is 10.2. The van der Waals surface area contributed by atoms with E-state index >= 15 is 0 Å². The van der Waals surface area contributed by atoms with Gasteiger partial charge in [0.1, 0.15) is 17.3 Å². The zero-order valence-corrected chi connectivity index (χ0v) is 17.7. The molecular formula is C25H21F2N3O2. The third kappa shape index (κ3) is 4.42. The van der Waals surface area contributed by atoms with Crippen LogP contribution in [0.1, 0.15) is 34.0 Å². The van der Waals surface area contributed by atoms with Crippen molar-refractivity contribution in [3.8, 4) is 11.5 Å². The zero-order chi connectivity index (χ0) is 22.7. The average Bonchev–Trinajstić information content (AvgIpc) is 2.80. The van der Waals surface area contributed by atoms with Crippen molar-refractivity contribution in [3.63, 3.8) is 0 Å². The number of hydrogen-bond donors (Lipinski definition) is 1. The highest BCUT2D eigenvalue weighted by Gasteiger charge is 2.15. The molecule has 0 aliphatic rings. The van der Waals surface area contributed by atoms with E-state index in [9.17, 15) is 13.6 Å². The van der Waals surface area contributed by atoms with Crippen molar-refractivity contribution in [1.82, 2.24) is 15.3 Å². The number of fused-ring (bicyclic) bond motifs is 1. The summed E-state index contributed by atoms with van der Waals surface area (Å²) in [6, 6.07) is 13.9. The number of ether oxygens (including phenoxy) is 1. The van der Waals surface area contributed by atoms with Gasteiger partial charge in [0, 0.05) is 40.9 Å². The number of benzene rings is 2. The largest absolute Gasteiger partial charge is 0.456 e. The summed E-state index contributed by atoms with van der Waals surface area (Å²) in [4.78, 5) is 20.4. The van der Waals surface area contributed by atoms with Gasteiger partial charge in [0.25, 0.3) is 5.91 Å². The fourth-order valence-electron chi connectivity index (χ4n) is 3.42. The topological polar surface area (TPSA) is 64.1 Å². The minimum atomic E-state index is -0.808. The normalized spacial score (nSPS) is 10.9. The van der Waals surface area contributed by atoms with Gasteiger partial charge in [-0.1, -0.05) is 19.1 Å². The molecule has 162 valence electrons. The van der Waals surface area contributed by atoms with Gasteiger partial charge in [-0.2, -0.15) is 4.39 Å². The highest BCUT2D eigenvalue weighted by molar-refractivity contribution is 5.96. The smallest absolute Gasteiger partial charge is 0.251 e. The molecule has 4 rings (SSSR count). The summed E-state index contributed by atoms with van der Waals surface area (Å²) in [5.74, 6) is -0.760. The Morgan fingerprint density at radius 3 is 2.72 bits per heavy atom. The molecule has 0 atom stereocenters. The lowest BCUT2D eigenvalue weighted by Gasteiger charge is -2.14. The van der Waals surface area contributed by atoms with Gasteiger partial charge in [0.15, 0.2) is 0 Å². The molecule has 2 heterocycles. The molecule has 0 spiro atoms. The molecule has 2 aromatic heterocycles. The van der Waals surface area contributed by atoms with E-state index in [4.69, 9.17) is 4.74 Å². The van der Waals surface area contributed by atoms with Crippen molar-refractivity contribution >= 4 is 16.8 Å². The minimum Gasteiger partial charge on any atom is -0.456 e. The van der Waals surface area contributed by atoms with Crippen LogP contribution in [0.2, 0.25) is 0 Å². The second kappa shape index (κ2) is 9.09. The molecular weight excluding hydrogens is 412 g/mol. The van der Waals surface area contributed by atoms with E-state index < -0.39 is 17.7 Å². The Balaban J connectivity index is 1.57. The first-order chi connectivity index (χ1) is 15.5. The molecule has 1 amide bonds. The predicted octanol–water partition coefficient (Wildman–Crippen LogP) is 5.50. The van der Waals surface area contributed by atoms with Gasteiger partial charge in [0.05, 0.1) is 11.7 Å². The predicted molar refractivity (Wildman–Crippen MR) is 118 cm³/mol. The molecule has 0 radical (unpaired) electrons. The molecule has 0 aliphatic carbocycles. The summed E-state index contributed by atoms with van der Waals surface area (Å²) >= 11 is 0. The molecule has 1 N–H and O–H groups in total. The Morgan fingerprint density at radius 1 is 1.06 bits per heavy atom. The van der Waals surface area contributed by atoms with Crippen molar-refractivity contribution in [2.24, 2.45) is 0 Å². The standard InChI is InChI=1S/C25H21F2N3O2/c1-3-16-7-8-19-21(11-16)28-10-9-23(19)32-22-6-4-5-18(15(22)2)25(31)30-13-17-12-24(27)29-14-20(17)26/h4-12,14H,3,13H2,1-2H3,(H,30,31). The third-order valence-electron chi connectivity index (χ3n) is 5.26. The number of rotatable bonds is 6. The van der Waals surface area contributed by atoms with Crippen LogP contribution >= 0.6 is 0 Å². The van der Waals surface area contributed by atoms with Crippen LogP contribution in [-0.4, -0.2) is 15.9 Å². The van der Waals surface area contributed by atoms with E-state index in [1.54, 1.807) is 37.4 Å². The molecule has 2 aromatic carbocycles. The van der Waals surface area contributed by atoms with Gasteiger partial charge in [0.2, 0.25) is 5.95 Å². The third-order valence-corrected chi connectivity index (χ3v) is 5.26. The van der Waals surface area contributed by atoms with E-state index in [0.29, 0.717) is 22.6 Å². The Kier molecular flexibility index (Phi) is 6.07. The summed E-state index contributed by atoms with van der Waals surface area (Å²) in [6.45, 7) is 3.69. The number of aryl methyl sites for hydroxylation is 1. The Hall–Kier alpha value is -3.87. The fraction of sp³-hybridized carbons (Fsp3) is 0.160. The van der Waals surface area contributed by atoms with Crippen LogP contribution in [0.5, 0.6) is 11.5 Å². The molecule has 0 saturated heterocycles. The molecule has 0 saturated carbocycles. The Labute approximate surface area is 184 Å². The van der Waals surface area contributed by atoms with Crippen LogP contribution in [-0.2, 0) is 13.0 Å². The Bertz CT molecular complexity index is 1310. The maximum Gasteiger partial charge on any atom is 0.251 e. The van der Waals surface area contributed by atoms with Crippen molar-refractivity contribution in [2.75, 3.05) is 0 Å². The molecule has 0 unspecified atom stereocenters. The second-order valence-electron chi connectivity index (χ2n) is 7.33. The molecule has 7 heteroatoms. The monoisotopic (exact) mass is 433 g/mol. The van der Waals surface area contributed by atoms with Crippen molar-refractivity contribution < 1.29 is 18.3 Å². The van der Waals surface area contributed by atoms with Gasteiger partial charge in [-0.15, -0.1) is 0 Å². The molecule has 5 nitrogen and oxygen atoms in total. The maximum atomic E-state index is 13.8. The number of nitrogens with zero attached hydrogens (tertiary/aromatic N) is 2. The van der Waals surface area contributed by atoms with Crippen LogP contribution < -0.4 is 10.1 Å². The van der Waals surface area contributed by atoms with Crippen LogP contribution in [0.15, 0.2) is 60.9 Å². The number of hydrogen-bond acceptors (Lipinski definition) is 4. The highest BCUT2D eigenvalue weighted by Crippen LogP contribution is 2.32. The lowest BCUT2D eigenvalue weighted by Crippen LogP contribution is -2.24. The summed E-state index contributed by atoms with van der Waals surface area (Å²) in [6.07, 6.45) is 3.39. The number of carbonyl (C=O) groups excluding carboxylic acids is 1. The zero-order valence-electron chi connectivity index (χ0n) is 17.7. The van der Waals surface area contributed by atoms with Crippen LogP contribution in [0.25, 0.3) is 10.9 Å². The van der Waals surface area contributed by atoms with Gasteiger partial charge in [-0.25, -0.2) is 9.37 Å².